The van der Waals surface area contributed by atoms with Crippen molar-refractivity contribution in [3.63, 3.8) is 0 Å². The van der Waals surface area contributed by atoms with Gasteiger partial charge in [0.15, 0.2) is 0 Å². The second-order valence-electron chi connectivity index (χ2n) is 6.53. The molecule has 2 aliphatic heterocycles. The van der Waals surface area contributed by atoms with Crippen molar-refractivity contribution in [2.24, 2.45) is 5.92 Å². The molecule has 0 aromatic rings. The lowest BCUT2D eigenvalue weighted by Gasteiger charge is -2.32. The zero-order valence-corrected chi connectivity index (χ0v) is 13.0. The van der Waals surface area contributed by atoms with Crippen molar-refractivity contribution >= 4 is 0 Å². The monoisotopic (exact) mass is 307 g/mol. The van der Waals surface area contributed by atoms with Crippen molar-refractivity contribution in [2.45, 2.75) is 44.8 Å². The number of nitrogens with zero attached hydrogens (tertiary/aromatic N) is 2. The van der Waals surface area contributed by atoms with Gasteiger partial charge in [0.1, 0.15) is 0 Å². The molecule has 2 fully saturated rings. The fourth-order valence-electron chi connectivity index (χ4n) is 3.49. The summed E-state index contributed by atoms with van der Waals surface area (Å²) in [6, 6.07) is 0.551. The number of nitrogens with one attached hydrogen (secondary N) is 1. The average molecular weight is 307 g/mol. The molecule has 2 heterocycles. The van der Waals surface area contributed by atoms with Crippen molar-refractivity contribution in [2.75, 3.05) is 45.8 Å². The van der Waals surface area contributed by atoms with Gasteiger partial charge in [0.05, 0.1) is 6.54 Å². The summed E-state index contributed by atoms with van der Waals surface area (Å²) in [6.45, 7) is 6.97. The van der Waals surface area contributed by atoms with Gasteiger partial charge in [-0.3, -0.25) is 4.90 Å². The van der Waals surface area contributed by atoms with Gasteiger partial charge in [-0.1, -0.05) is 6.92 Å². The Kier molecular flexibility index (Phi) is 6.32. The van der Waals surface area contributed by atoms with E-state index in [1.54, 1.807) is 0 Å². The minimum Gasteiger partial charge on any atom is -0.314 e. The first-order valence-corrected chi connectivity index (χ1v) is 8.21. The van der Waals surface area contributed by atoms with Gasteiger partial charge in [0.25, 0.3) is 0 Å². The molecule has 1 atom stereocenters. The van der Waals surface area contributed by atoms with E-state index >= 15 is 0 Å². The van der Waals surface area contributed by atoms with Gasteiger partial charge in [-0.25, -0.2) is 0 Å². The minimum absolute atomic E-state index is 0.376. The van der Waals surface area contributed by atoms with E-state index in [1.165, 1.54) is 30.7 Å². The number of piperidine rings is 1. The summed E-state index contributed by atoms with van der Waals surface area (Å²) in [7, 11) is 0. The number of halogens is 3. The predicted octanol–water partition coefficient (Wildman–Crippen LogP) is 2.33. The standard InChI is InChI=1S/C15H28F3N3/c1-2-6-20-8-4-14(5-9-20)19-10-13-3-7-21(11-13)12-15(16,17)18/h13-14,19H,2-12H2,1H3. The van der Waals surface area contributed by atoms with Crippen molar-refractivity contribution in [1.29, 1.82) is 0 Å². The third-order valence-electron chi connectivity index (χ3n) is 4.60. The molecule has 0 spiro atoms. The first kappa shape index (κ1) is 17.0. The van der Waals surface area contributed by atoms with Gasteiger partial charge < -0.3 is 10.2 Å². The summed E-state index contributed by atoms with van der Waals surface area (Å²) in [5.41, 5.74) is 0. The summed E-state index contributed by atoms with van der Waals surface area (Å²) in [5, 5.41) is 3.57. The molecule has 0 aliphatic carbocycles. The van der Waals surface area contributed by atoms with Crippen LogP contribution in [0.2, 0.25) is 0 Å². The van der Waals surface area contributed by atoms with Gasteiger partial charge in [-0.15, -0.1) is 0 Å². The van der Waals surface area contributed by atoms with Crippen LogP contribution in [0.3, 0.4) is 0 Å². The third-order valence-corrected chi connectivity index (χ3v) is 4.60. The summed E-state index contributed by atoms with van der Waals surface area (Å²) in [4.78, 5) is 4.04. The van der Waals surface area contributed by atoms with Crippen LogP contribution < -0.4 is 5.32 Å². The molecular formula is C15H28F3N3. The Morgan fingerprint density at radius 3 is 2.33 bits per heavy atom. The van der Waals surface area contributed by atoms with Crippen LogP contribution in [-0.4, -0.2) is 67.8 Å². The van der Waals surface area contributed by atoms with Crippen molar-refractivity contribution < 1.29 is 13.2 Å². The first-order valence-electron chi connectivity index (χ1n) is 8.21. The Labute approximate surface area is 125 Å². The molecule has 1 N–H and O–H groups in total. The SMILES string of the molecule is CCCN1CCC(NCC2CCN(CC(F)(F)F)C2)CC1. The summed E-state index contributed by atoms with van der Waals surface area (Å²) >= 11 is 0. The van der Waals surface area contributed by atoms with Gasteiger partial charge in [-0.2, -0.15) is 13.2 Å². The molecule has 21 heavy (non-hydrogen) atoms. The number of alkyl halides is 3. The van der Waals surface area contributed by atoms with Crippen molar-refractivity contribution in [3.05, 3.63) is 0 Å². The lowest BCUT2D eigenvalue weighted by atomic mass is 10.0. The molecule has 124 valence electrons. The molecule has 2 saturated heterocycles. The molecular weight excluding hydrogens is 279 g/mol. The topological polar surface area (TPSA) is 18.5 Å². The van der Waals surface area contributed by atoms with Gasteiger partial charge in [0, 0.05) is 12.6 Å². The van der Waals surface area contributed by atoms with Gasteiger partial charge >= 0.3 is 6.18 Å². The number of rotatable bonds is 6. The lowest BCUT2D eigenvalue weighted by molar-refractivity contribution is -0.143. The van der Waals surface area contributed by atoms with Crippen LogP contribution in [0.5, 0.6) is 0 Å². The molecule has 2 rings (SSSR count). The van der Waals surface area contributed by atoms with E-state index in [1.807, 2.05) is 0 Å². The summed E-state index contributed by atoms with van der Waals surface area (Å²) < 4.78 is 37.0. The highest BCUT2D eigenvalue weighted by Crippen LogP contribution is 2.22. The van der Waals surface area contributed by atoms with E-state index in [2.05, 4.69) is 17.1 Å². The second-order valence-corrected chi connectivity index (χ2v) is 6.53. The second kappa shape index (κ2) is 7.79. The van der Waals surface area contributed by atoms with Crippen LogP contribution in [0.4, 0.5) is 13.2 Å². The predicted molar refractivity (Wildman–Crippen MR) is 78.4 cm³/mol. The molecule has 0 amide bonds. The van der Waals surface area contributed by atoms with E-state index in [9.17, 15) is 13.2 Å². The highest BCUT2D eigenvalue weighted by molar-refractivity contribution is 4.82. The van der Waals surface area contributed by atoms with Gasteiger partial charge in [0.2, 0.25) is 0 Å². The van der Waals surface area contributed by atoms with Crippen LogP contribution in [-0.2, 0) is 0 Å². The summed E-state index contributed by atoms with van der Waals surface area (Å²) in [6.07, 6.45) is 0.360. The normalized spacial score (nSPS) is 26.6. The Hall–Kier alpha value is -0.330. The number of likely N-dealkylation sites (tertiary alicyclic amines) is 2. The fourth-order valence-corrected chi connectivity index (χ4v) is 3.49. The van der Waals surface area contributed by atoms with E-state index in [0.717, 1.165) is 26.1 Å². The molecule has 0 aromatic carbocycles. The maximum atomic E-state index is 12.3. The molecule has 0 saturated carbocycles. The molecule has 0 aromatic heterocycles. The third kappa shape index (κ3) is 6.12. The Morgan fingerprint density at radius 2 is 1.71 bits per heavy atom. The highest BCUT2D eigenvalue weighted by Gasteiger charge is 2.34. The highest BCUT2D eigenvalue weighted by atomic mass is 19.4. The van der Waals surface area contributed by atoms with Crippen LogP contribution in [0.1, 0.15) is 32.6 Å². The zero-order chi connectivity index (χ0) is 15.3. The molecule has 1 unspecified atom stereocenters. The number of hydrogen-bond acceptors (Lipinski definition) is 3. The fraction of sp³-hybridized carbons (Fsp3) is 1.00. The maximum absolute atomic E-state index is 12.3. The lowest BCUT2D eigenvalue weighted by Crippen LogP contribution is -2.44. The molecule has 2 aliphatic rings. The molecule has 0 radical (unpaired) electrons. The molecule has 0 bridgehead atoms. The quantitative estimate of drug-likeness (QED) is 0.812. The van der Waals surface area contributed by atoms with Crippen LogP contribution >= 0.6 is 0 Å². The van der Waals surface area contributed by atoms with Crippen LogP contribution in [0.25, 0.3) is 0 Å². The smallest absolute Gasteiger partial charge is 0.314 e. The van der Waals surface area contributed by atoms with E-state index in [-0.39, 0.29) is 0 Å². The minimum atomic E-state index is -4.06. The van der Waals surface area contributed by atoms with Crippen molar-refractivity contribution in [3.8, 4) is 0 Å². The average Bonchev–Trinajstić information content (AvgIpc) is 2.84. The zero-order valence-electron chi connectivity index (χ0n) is 13.0. The number of hydrogen-bond donors (Lipinski definition) is 1. The Bertz CT molecular complexity index is 301. The Morgan fingerprint density at radius 1 is 1.05 bits per heavy atom. The molecule has 6 heteroatoms. The van der Waals surface area contributed by atoms with Crippen molar-refractivity contribution in [1.82, 2.24) is 15.1 Å². The first-order chi connectivity index (χ1) is 9.96. The van der Waals surface area contributed by atoms with Crippen LogP contribution in [0.15, 0.2) is 0 Å². The maximum Gasteiger partial charge on any atom is 0.401 e. The van der Waals surface area contributed by atoms with E-state index < -0.39 is 12.7 Å². The largest absolute Gasteiger partial charge is 0.401 e. The van der Waals surface area contributed by atoms with Crippen LogP contribution in [0, 0.1) is 5.92 Å². The summed E-state index contributed by atoms with van der Waals surface area (Å²) in [5.74, 6) is 0.376. The van der Waals surface area contributed by atoms with E-state index in [0.29, 0.717) is 25.0 Å². The van der Waals surface area contributed by atoms with Gasteiger partial charge in [-0.05, 0) is 64.3 Å². The van der Waals surface area contributed by atoms with E-state index in [4.69, 9.17) is 0 Å². The molecule has 3 nitrogen and oxygen atoms in total. The Balaban J connectivity index is 1.60.